The van der Waals surface area contributed by atoms with Gasteiger partial charge in [0.15, 0.2) is 5.78 Å². The quantitative estimate of drug-likeness (QED) is 0.368. The molecule has 2 heterocycles. The molecule has 0 aliphatic carbocycles. The number of fused-ring (bicyclic) bond motifs is 1. The number of aromatic nitrogens is 1. The van der Waals surface area contributed by atoms with Crippen LogP contribution in [0.2, 0.25) is 0 Å². The van der Waals surface area contributed by atoms with Crippen molar-refractivity contribution in [3.05, 3.63) is 70.9 Å². The van der Waals surface area contributed by atoms with Gasteiger partial charge in [0.1, 0.15) is 0 Å². The van der Waals surface area contributed by atoms with E-state index in [9.17, 15) is 35.9 Å². The van der Waals surface area contributed by atoms with Crippen LogP contribution in [0.1, 0.15) is 28.7 Å². The molecule has 1 saturated heterocycles. The Morgan fingerprint density at radius 2 is 1.65 bits per heavy atom. The van der Waals surface area contributed by atoms with Gasteiger partial charge < -0.3 is 15.2 Å². The average Bonchev–Trinajstić information content (AvgIpc) is 3.30. The maximum atomic E-state index is 13.6. The number of halogens is 6. The lowest BCUT2D eigenvalue weighted by Gasteiger charge is -2.32. The second-order valence-corrected chi connectivity index (χ2v) is 10.1. The fraction of sp³-hybridized carbons (Fsp3) is 0.429. The fourth-order valence-electron chi connectivity index (χ4n) is 4.88. The van der Waals surface area contributed by atoms with Gasteiger partial charge in [0.25, 0.3) is 0 Å². The van der Waals surface area contributed by atoms with E-state index in [0.29, 0.717) is 19.2 Å². The van der Waals surface area contributed by atoms with Crippen LogP contribution in [0.3, 0.4) is 0 Å². The lowest BCUT2D eigenvalue weighted by atomic mass is 9.94. The summed E-state index contributed by atoms with van der Waals surface area (Å²) in [6.45, 7) is 3.01. The van der Waals surface area contributed by atoms with Gasteiger partial charge >= 0.3 is 12.4 Å². The number of H-pyrrole nitrogens is 1. The number of hydrogen-bond acceptors (Lipinski definition) is 4. The van der Waals surface area contributed by atoms with Gasteiger partial charge in [0.05, 0.1) is 23.7 Å². The molecule has 1 atom stereocenters. The van der Waals surface area contributed by atoms with Crippen molar-refractivity contribution in [2.24, 2.45) is 0 Å². The Labute approximate surface area is 227 Å². The molecule has 1 unspecified atom stereocenters. The molecule has 0 spiro atoms. The molecule has 0 radical (unpaired) electrons. The van der Waals surface area contributed by atoms with Gasteiger partial charge in [0, 0.05) is 56.1 Å². The van der Waals surface area contributed by atoms with E-state index in [1.807, 2.05) is 36.2 Å². The highest BCUT2D eigenvalue weighted by Crippen LogP contribution is 2.37. The Hall–Kier alpha value is -3.38. The first-order chi connectivity index (χ1) is 18.8. The molecule has 4 rings (SSSR count). The van der Waals surface area contributed by atoms with Crippen molar-refractivity contribution in [2.45, 2.75) is 37.7 Å². The van der Waals surface area contributed by atoms with E-state index in [1.54, 1.807) is 6.20 Å². The van der Waals surface area contributed by atoms with E-state index < -0.39 is 53.7 Å². The van der Waals surface area contributed by atoms with Gasteiger partial charge in [-0.05, 0) is 42.8 Å². The molecule has 0 saturated carbocycles. The summed E-state index contributed by atoms with van der Waals surface area (Å²) in [6.07, 6.45) is -8.96. The van der Waals surface area contributed by atoms with Gasteiger partial charge in [-0.2, -0.15) is 26.3 Å². The van der Waals surface area contributed by atoms with Crippen LogP contribution in [-0.2, 0) is 34.8 Å². The van der Waals surface area contributed by atoms with Crippen LogP contribution in [0.5, 0.6) is 0 Å². The number of likely N-dealkylation sites (N-methyl/N-ethyl adjacent to an activating group) is 1. The SMILES string of the molecule is CN1CCN(CC(=O)NC(Cc2c[nH]c3ccccc23)C(=O)CCc2ccc(C(F)(F)F)cc2C(F)(F)F)CC1. The zero-order valence-corrected chi connectivity index (χ0v) is 21.8. The monoisotopic (exact) mass is 568 g/mol. The summed E-state index contributed by atoms with van der Waals surface area (Å²) >= 11 is 0. The molecule has 0 bridgehead atoms. The standard InChI is InChI=1S/C28H30F6N4O2/c1-37-10-12-38(13-11-37)17-26(40)36-24(14-19-16-35-23-5-3-2-4-21(19)23)25(39)9-7-18-6-8-20(27(29,30)31)15-22(18)28(32,33)34/h2-6,8,15-16,24,35H,7,9-14,17H2,1H3,(H,36,40). The lowest BCUT2D eigenvalue weighted by molar-refractivity contribution is -0.143. The number of Topliss-reactive ketones (excluding diaryl/α,β-unsaturated/α-hetero) is 1. The number of benzene rings is 2. The third-order valence-corrected chi connectivity index (χ3v) is 7.17. The zero-order valence-electron chi connectivity index (χ0n) is 21.8. The van der Waals surface area contributed by atoms with Crippen molar-refractivity contribution >= 4 is 22.6 Å². The Morgan fingerprint density at radius 3 is 2.33 bits per heavy atom. The predicted molar refractivity (Wildman–Crippen MR) is 138 cm³/mol. The lowest BCUT2D eigenvalue weighted by Crippen LogP contribution is -2.51. The topological polar surface area (TPSA) is 68.4 Å². The molecule has 2 aromatic carbocycles. The number of carbonyl (C=O) groups excluding carboxylic acids is 2. The van der Waals surface area contributed by atoms with Gasteiger partial charge in [-0.15, -0.1) is 0 Å². The van der Waals surface area contributed by atoms with E-state index in [-0.39, 0.29) is 24.9 Å². The fourth-order valence-corrected chi connectivity index (χ4v) is 4.88. The molecule has 2 N–H and O–H groups in total. The molecule has 1 amide bonds. The molecule has 1 fully saturated rings. The number of para-hydroxylation sites is 1. The summed E-state index contributed by atoms with van der Waals surface area (Å²) in [4.78, 5) is 33.4. The van der Waals surface area contributed by atoms with Crippen LogP contribution >= 0.6 is 0 Å². The molecule has 6 nitrogen and oxygen atoms in total. The first-order valence-electron chi connectivity index (χ1n) is 12.9. The molecule has 1 aliphatic rings. The molecule has 12 heteroatoms. The number of alkyl halides is 6. The van der Waals surface area contributed by atoms with Gasteiger partial charge in [0.2, 0.25) is 5.91 Å². The average molecular weight is 569 g/mol. The molecular formula is C28H30F6N4O2. The van der Waals surface area contributed by atoms with E-state index >= 15 is 0 Å². The summed E-state index contributed by atoms with van der Waals surface area (Å²) in [5, 5.41) is 3.60. The third-order valence-electron chi connectivity index (χ3n) is 7.17. The minimum absolute atomic E-state index is 0.0705. The molecule has 1 aliphatic heterocycles. The number of amides is 1. The van der Waals surface area contributed by atoms with Crippen LogP contribution in [0, 0.1) is 0 Å². The Balaban J connectivity index is 1.52. The van der Waals surface area contributed by atoms with Gasteiger partial charge in [-0.3, -0.25) is 14.5 Å². The number of piperazine rings is 1. The number of nitrogens with one attached hydrogen (secondary N) is 2. The number of hydrogen-bond donors (Lipinski definition) is 2. The van der Waals surface area contributed by atoms with Crippen molar-refractivity contribution in [3.8, 4) is 0 Å². The van der Waals surface area contributed by atoms with Crippen LogP contribution in [-0.4, -0.2) is 72.3 Å². The minimum atomic E-state index is -5.03. The summed E-state index contributed by atoms with van der Waals surface area (Å²) in [7, 11) is 1.98. The minimum Gasteiger partial charge on any atom is -0.361 e. The van der Waals surface area contributed by atoms with E-state index in [1.165, 1.54) is 0 Å². The number of rotatable bonds is 9. The predicted octanol–water partition coefficient (Wildman–Crippen LogP) is 4.68. The van der Waals surface area contributed by atoms with E-state index in [0.717, 1.165) is 35.6 Å². The highest BCUT2D eigenvalue weighted by molar-refractivity contribution is 5.91. The second-order valence-electron chi connectivity index (χ2n) is 10.1. The second kappa shape index (κ2) is 12.0. The van der Waals surface area contributed by atoms with Crippen molar-refractivity contribution in [1.29, 1.82) is 0 Å². The van der Waals surface area contributed by atoms with Crippen LogP contribution in [0.25, 0.3) is 10.9 Å². The maximum Gasteiger partial charge on any atom is 0.416 e. The normalized spacial score (nSPS) is 16.3. The molecular weight excluding hydrogens is 538 g/mol. The number of carbonyl (C=O) groups is 2. The van der Waals surface area contributed by atoms with E-state index in [4.69, 9.17) is 0 Å². The summed E-state index contributed by atoms with van der Waals surface area (Å²) in [6, 6.07) is 7.76. The zero-order chi connectivity index (χ0) is 29.1. The van der Waals surface area contributed by atoms with Crippen molar-refractivity contribution < 1.29 is 35.9 Å². The molecule has 1 aromatic heterocycles. The van der Waals surface area contributed by atoms with Crippen molar-refractivity contribution in [1.82, 2.24) is 20.1 Å². The van der Waals surface area contributed by atoms with Crippen molar-refractivity contribution in [3.63, 3.8) is 0 Å². The number of aromatic amines is 1. The molecule has 216 valence electrons. The number of ketones is 1. The third kappa shape index (κ3) is 7.42. The van der Waals surface area contributed by atoms with Crippen LogP contribution in [0.15, 0.2) is 48.7 Å². The highest BCUT2D eigenvalue weighted by atomic mass is 19.4. The molecule has 40 heavy (non-hydrogen) atoms. The smallest absolute Gasteiger partial charge is 0.361 e. The first kappa shape index (κ1) is 29.6. The highest BCUT2D eigenvalue weighted by Gasteiger charge is 2.38. The van der Waals surface area contributed by atoms with E-state index in [2.05, 4.69) is 15.2 Å². The molecule has 3 aromatic rings. The van der Waals surface area contributed by atoms with Gasteiger partial charge in [-0.25, -0.2) is 0 Å². The maximum absolute atomic E-state index is 13.6. The number of nitrogens with zero attached hydrogens (tertiary/aromatic N) is 2. The summed E-state index contributed by atoms with van der Waals surface area (Å²) in [5.41, 5.74) is -1.68. The summed E-state index contributed by atoms with van der Waals surface area (Å²) < 4.78 is 79.9. The Morgan fingerprint density at radius 1 is 0.950 bits per heavy atom. The Kier molecular flexibility index (Phi) is 8.89. The summed E-state index contributed by atoms with van der Waals surface area (Å²) in [5.74, 6) is -0.890. The first-order valence-corrected chi connectivity index (χ1v) is 12.9. The van der Waals surface area contributed by atoms with Crippen LogP contribution < -0.4 is 5.32 Å². The Bertz CT molecular complexity index is 1340. The van der Waals surface area contributed by atoms with Crippen LogP contribution in [0.4, 0.5) is 26.3 Å². The van der Waals surface area contributed by atoms with Crippen molar-refractivity contribution in [2.75, 3.05) is 39.8 Å². The largest absolute Gasteiger partial charge is 0.416 e. The van der Waals surface area contributed by atoms with Gasteiger partial charge in [-0.1, -0.05) is 24.3 Å². The number of aryl methyl sites for hydroxylation is 1.